The Bertz CT molecular complexity index is 834. The number of esters is 1. The van der Waals surface area contributed by atoms with E-state index in [0.717, 1.165) is 25.7 Å². The third-order valence-electron chi connectivity index (χ3n) is 3.48. The maximum Gasteiger partial charge on any atom is 0.573 e. The van der Waals surface area contributed by atoms with Crippen molar-refractivity contribution >= 4 is 17.6 Å². The molecule has 2 rings (SSSR count). The second-order valence-corrected chi connectivity index (χ2v) is 5.57. The molecule has 0 aliphatic rings. The van der Waals surface area contributed by atoms with Crippen molar-refractivity contribution in [2.45, 2.75) is 19.7 Å². The SMILES string of the molecule is CCCOc1ccc(NC(=O)C(=O)OC)c(-c2ccc(OC(F)(F)F)cc2)c1. The van der Waals surface area contributed by atoms with E-state index < -0.39 is 18.2 Å². The molecule has 1 amide bonds. The van der Waals surface area contributed by atoms with Gasteiger partial charge in [-0.05, 0) is 42.3 Å². The van der Waals surface area contributed by atoms with Crippen LogP contribution in [0, 0.1) is 0 Å². The molecular formula is C19H18F3NO5. The summed E-state index contributed by atoms with van der Waals surface area (Å²) in [5, 5.41) is 2.42. The van der Waals surface area contributed by atoms with Crippen molar-refractivity contribution in [3.8, 4) is 22.6 Å². The first-order chi connectivity index (χ1) is 13.2. The first-order valence-corrected chi connectivity index (χ1v) is 8.26. The number of halogens is 3. The summed E-state index contributed by atoms with van der Waals surface area (Å²) in [5.41, 5.74) is 1.20. The van der Waals surface area contributed by atoms with Crippen LogP contribution in [0.3, 0.4) is 0 Å². The van der Waals surface area contributed by atoms with Crippen LogP contribution in [-0.2, 0) is 14.3 Å². The smallest absolute Gasteiger partial charge is 0.494 e. The van der Waals surface area contributed by atoms with E-state index >= 15 is 0 Å². The van der Waals surface area contributed by atoms with Crippen molar-refractivity contribution in [3.05, 3.63) is 42.5 Å². The third-order valence-corrected chi connectivity index (χ3v) is 3.48. The standard InChI is InChI=1S/C19H18F3NO5/c1-3-10-27-14-8-9-16(23-17(24)18(25)26-2)15(11-14)12-4-6-13(7-5-12)28-19(20,21)22/h4-9,11H,3,10H2,1-2H3,(H,23,24). The lowest BCUT2D eigenvalue weighted by molar-refractivity contribution is -0.274. The number of amides is 1. The lowest BCUT2D eigenvalue weighted by atomic mass is 10.0. The van der Waals surface area contributed by atoms with Crippen LogP contribution >= 0.6 is 0 Å². The van der Waals surface area contributed by atoms with Crippen LogP contribution in [0.4, 0.5) is 18.9 Å². The predicted octanol–water partition coefficient (Wildman–Crippen LogP) is 4.15. The number of hydrogen-bond acceptors (Lipinski definition) is 5. The molecule has 6 nitrogen and oxygen atoms in total. The first kappa shape index (κ1) is 21.1. The van der Waals surface area contributed by atoms with Crippen LogP contribution in [0.5, 0.6) is 11.5 Å². The molecule has 0 saturated carbocycles. The molecule has 0 heterocycles. The number of hydrogen-bond donors (Lipinski definition) is 1. The highest BCUT2D eigenvalue weighted by molar-refractivity contribution is 6.37. The minimum Gasteiger partial charge on any atom is -0.494 e. The van der Waals surface area contributed by atoms with Crippen molar-refractivity contribution in [1.82, 2.24) is 0 Å². The normalized spacial score (nSPS) is 10.9. The summed E-state index contributed by atoms with van der Waals surface area (Å²) in [5.74, 6) is -1.94. The quantitative estimate of drug-likeness (QED) is 0.586. The van der Waals surface area contributed by atoms with Gasteiger partial charge < -0.3 is 19.5 Å². The fourth-order valence-electron chi connectivity index (χ4n) is 2.28. The van der Waals surface area contributed by atoms with E-state index in [1.54, 1.807) is 12.1 Å². The zero-order chi connectivity index (χ0) is 20.7. The van der Waals surface area contributed by atoms with Gasteiger partial charge in [-0.1, -0.05) is 19.1 Å². The van der Waals surface area contributed by atoms with Crippen LogP contribution in [0.15, 0.2) is 42.5 Å². The molecule has 0 radical (unpaired) electrons. The minimum absolute atomic E-state index is 0.267. The van der Waals surface area contributed by atoms with Gasteiger partial charge in [-0.15, -0.1) is 13.2 Å². The Balaban J connectivity index is 2.37. The lowest BCUT2D eigenvalue weighted by Gasteiger charge is -2.14. The predicted molar refractivity (Wildman–Crippen MR) is 95.0 cm³/mol. The van der Waals surface area contributed by atoms with Gasteiger partial charge in [-0.25, -0.2) is 4.79 Å². The fraction of sp³-hybridized carbons (Fsp3) is 0.263. The minimum atomic E-state index is -4.80. The van der Waals surface area contributed by atoms with Crippen molar-refractivity contribution in [3.63, 3.8) is 0 Å². The highest BCUT2D eigenvalue weighted by Gasteiger charge is 2.31. The summed E-state index contributed by atoms with van der Waals surface area (Å²) in [7, 11) is 1.07. The number of ether oxygens (including phenoxy) is 3. The molecule has 0 unspecified atom stereocenters. The van der Waals surface area contributed by atoms with E-state index in [1.807, 2.05) is 6.92 Å². The maximum atomic E-state index is 12.3. The van der Waals surface area contributed by atoms with E-state index in [-0.39, 0.29) is 11.4 Å². The zero-order valence-corrected chi connectivity index (χ0v) is 15.1. The Hall–Kier alpha value is -3.23. The summed E-state index contributed by atoms with van der Waals surface area (Å²) >= 11 is 0. The molecule has 0 aromatic heterocycles. The van der Waals surface area contributed by atoms with Crippen LogP contribution < -0.4 is 14.8 Å². The number of alkyl halides is 3. The molecule has 0 fully saturated rings. The number of rotatable bonds is 6. The second-order valence-electron chi connectivity index (χ2n) is 5.57. The van der Waals surface area contributed by atoms with Crippen LogP contribution in [0.2, 0.25) is 0 Å². The molecule has 28 heavy (non-hydrogen) atoms. The van der Waals surface area contributed by atoms with Gasteiger partial charge in [0.2, 0.25) is 0 Å². The largest absolute Gasteiger partial charge is 0.573 e. The number of carbonyl (C=O) groups is 2. The van der Waals surface area contributed by atoms with Gasteiger partial charge in [0.1, 0.15) is 11.5 Å². The number of nitrogens with one attached hydrogen (secondary N) is 1. The molecule has 0 aliphatic heterocycles. The van der Waals surface area contributed by atoms with E-state index in [2.05, 4.69) is 14.8 Å². The molecule has 0 saturated heterocycles. The van der Waals surface area contributed by atoms with E-state index in [0.29, 0.717) is 23.5 Å². The molecule has 0 aliphatic carbocycles. The van der Waals surface area contributed by atoms with Gasteiger partial charge >= 0.3 is 18.2 Å². The Morgan fingerprint density at radius 3 is 2.25 bits per heavy atom. The van der Waals surface area contributed by atoms with Gasteiger partial charge in [0.25, 0.3) is 0 Å². The van der Waals surface area contributed by atoms with E-state index in [1.165, 1.54) is 18.2 Å². The van der Waals surface area contributed by atoms with Crippen molar-refractivity contribution in [2.75, 3.05) is 19.0 Å². The van der Waals surface area contributed by atoms with E-state index in [4.69, 9.17) is 4.74 Å². The number of anilines is 1. The van der Waals surface area contributed by atoms with E-state index in [9.17, 15) is 22.8 Å². The number of methoxy groups -OCH3 is 1. The molecule has 150 valence electrons. The van der Waals surface area contributed by atoms with Crippen LogP contribution in [0.25, 0.3) is 11.1 Å². The third kappa shape index (κ3) is 5.90. The monoisotopic (exact) mass is 397 g/mol. The van der Waals surface area contributed by atoms with Crippen LogP contribution in [0.1, 0.15) is 13.3 Å². The second kappa shape index (κ2) is 9.12. The number of carbonyl (C=O) groups excluding carboxylic acids is 2. The zero-order valence-electron chi connectivity index (χ0n) is 15.1. The van der Waals surface area contributed by atoms with Gasteiger partial charge in [0, 0.05) is 11.3 Å². The Kier molecular flexibility index (Phi) is 6.86. The van der Waals surface area contributed by atoms with Crippen molar-refractivity contribution in [2.24, 2.45) is 0 Å². The molecule has 2 aromatic rings. The molecule has 0 spiro atoms. The molecule has 9 heteroatoms. The molecule has 2 aromatic carbocycles. The highest BCUT2D eigenvalue weighted by atomic mass is 19.4. The van der Waals surface area contributed by atoms with Gasteiger partial charge in [-0.2, -0.15) is 0 Å². The fourth-order valence-corrected chi connectivity index (χ4v) is 2.28. The summed E-state index contributed by atoms with van der Waals surface area (Å²) in [6.07, 6.45) is -4.02. The van der Waals surface area contributed by atoms with Crippen molar-refractivity contribution in [1.29, 1.82) is 0 Å². The summed E-state index contributed by atoms with van der Waals surface area (Å²) < 4.78 is 50.8. The summed E-state index contributed by atoms with van der Waals surface area (Å²) in [6.45, 7) is 2.40. The van der Waals surface area contributed by atoms with Gasteiger partial charge in [0.05, 0.1) is 13.7 Å². The van der Waals surface area contributed by atoms with Gasteiger partial charge in [-0.3, -0.25) is 4.79 Å². The Morgan fingerprint density at radius 1 is 1.04 bits per heavy atom. The van der Waals surface area contributed by atoms with Gasteiger partial charge in [0.15, 0.2) is 0 Å². The average Bonchev–Trinajstić information content (AvgIpc) is 2.65. The molecule has 0 atom stereocenters. The Morgan fingerprint density at radius 2 is 1.68 bits per heavy atom. The summed E-state index contributed by atoms with van der Waals surface area (Å²) in [4.78, 5) is 23.2. The molecule has 0 bridgehead atoms. The first-order valence-electron chi connectivity index (χ1n) is 8.26. The van der Waals surface area contributed by atoms with Crippen LogP contribution in [-0.4, -0.2) is 32.0 Å². The highest BCUT2D eigenvalue weighted by Crippen LogP contribution is 2.34. The topological polar surface area (TPSA) is 73.9 Å². The summed E-state index contributed by atoms with van der Waals surface area (Å²) in [6, 6.07) is 9.83. The van der Waals surface area contributed by atoms with Crippen molar-refractivity contribution < 1.29 is 37.0 Å². The molecule has 1 N–H and O–H groups in total. The molecular weight excluding hydrogens is 379 g/mol. The Labute approximate surface area is 159 Å². The maximum absolute atomic E-state index is 12.3. The number of benzene rings is 2. The lowest BCUT2D eigenvalue weighted by Crippen LogP contribution is -2.24. The average molecular weight is 397 g/mol.